The molecule has 1 aromatic rings. The van der Waals surface area contributed by atoms with E-state index < -0.39 is 0 Å². The van der Waals surface area contributed by atoms with Gasteiger partial charge in [-0.3, -0.25) is 0 Å². The van der Waals surface area contributed by atoms with Crippen LogP contribution >= 0.6 is 23.2 Å². The van der Waals surface area contributed by atoms with E-state index in [1.54, 1.807) is 7.11 Å². The third kappa shape index (κ3) is 5.70. The maximum absolute atomic E-state index is 6.23. The molecule has 4 heteroatoms. The number of halogens is 2. The predicted octanol–water partition coefficient (Wildman–Crippen LogP) is 4.19. The van der Waals surface area contributed by atoms with Crippen LogP contribution in [0.25, 0.3) is 0 Å². The van der Waals surface area contributed by atoms with Crippen LogP contribution < -0.4 is 5.32 Å². The van der Waals surface area contributed by atoms with Crippen LogP contribution in [-0.2, 0) is 11.2 Å². The number of hydrogen-bond donors (Lipinski definition) is 1. The average molecular weight is 304 g/mol. The standard InChI is InChI=1S/C15H23Cl2NO/c1-4-18-12(8-11(2)10-19-3)9-13-14(16)6-5-7-15(13)17/h5-7,11-12,18H,4,8-10H2,1-3H3. The van der Waals surface area contributed by atoms with Gasteiger partial charge in [0.1, 0.15) is 0 Å². The number of ether oxygens (including phenoxy) is 1. The number of likely N-dealkylation sites (N-methyl/N-ethyl adjacent to an activating group) is 1. The second kappa shape index (κ2) is 8.80. The molecular weight excluding hydrogens is 281 g/mol. The van der Waals surface area contributed by atoms with Gasteiger partial charge in [0.25, 0.3) is 0 Å². The van der Waals surface area contributed by atoms with Crippen LogP contribution in [0, 0.1) is 5.92 Å². The fourth-order valence-electron chi connectivity index (χ4n) is 2.34. The van der Waals surface area contributed by atoms with Gasteiger partial charge in [-0.05, 0) is 43.0 Å². The number of nitrogens with one attached hydrogen (secondary N) is 1. The predicted molar refractivity (Wildman–Crippen MR) is 83.3 cm³/mol. The Hall–Kier alpha value is -0.280. The summed E-state index contributed by atoms with van der Waals surface area (Å²) in [5.41, 5.74) is 1.03. The zero-order valence-corrected chi connectivity index (χ0v) is 13.4. The SMILES string of the molecule is CCNC(Cc1c(Cl)cccc1Cl)CC(C)COC. The van der Waals surface area contributed by atoms with Crippen LogP contribution in [0.15, 0.2) is 18.2 Å². The molecule has 0 aliphatic rings. The average Bonchev–Trinajstić information content (AvgIpc) is 2.34. The monoisotopic (exact) mass is 303 g/mol. The lowest BCUT2D eigenvalue weighted by Crippen LogP contribution is -2.33. The number of methoxy groups -OCH3 is 1. The third-order valence-electron chi connectivity index (χ3n) is 3.14. The molecule has 0 aromatic heterocycles. The number of hydrogen-bond acceptors (Lipinski definition) is 2. The van der Waals surface area contributed by atoms with Crippen molar-refractivity contribution in [1.82, 2.24) is 5.32 Å². The largest absolute Gasteiger partial charge is 0.384 e. The van der Waals surface area contributed by atoms with Crippen molar-refractivity contribution in [3.05, 3.63) is 33.8 Å². The molecule has 1 rings (SSSR count). The molecule has 0 aliphatic heterocycles. The molecule has 0 saturated carbocycles. The van der Waals surface area contributed by atoms with Crippen molar-refractivity contribution < 1.29 is 4.74 Å². The van der Waals surface area contributed by atoms with Crippen molar-refractivity contribution in [3.63, 3.8) is 0 Å². The zero-order chi connectivity index (χ0) is 14.3. The second-order valence-electron chi connectivity index (χ2n) is 4.96. The van der Waals surface area contributed by atoms with Crippen molar-refractivity contribution in [2.75, 3.05) is 20.3 Å². The lowest BCUT2D eigenvalue weighted by molar-refractivity contribution is 0.149. The Bertz CT molecular complexity index is 364. The van der Waals surface area contributed by atoms with Crippen LogP contribution in [0.4, 0.5) is 0 Å². The highest BCUT2D eigenvalue weighted by atomic mass is 35.5. The van der Waals surface area contributed by atoms with Gasteiger partial charge in [-0.2, -0.15) is 0 Å². The Labute approximate surface area is 126 Å². The van der Waals surface area contributed by atoms with Crippen LogP contribution in [0.2, 0.25) is 10.0 Å². The second-order valence-corrected chi connectivity index (χ2v) is 5.77. The van der Waals surface area contributed by atoms with E-state index in [1.807, 2.05) is 18.2 Å². The quantitative estimate of drug-likeness (QED) is 0.777. The van der Waals surface area contributed by atoms with Gasteiger partial charge in [-0.1, -0.05) is 43.1 Å². The molecule has 2 nitrogen and oxygen atoms in total. The van der Waals surface area contributed by atoms with Crippen molar-refractivity contribution in [2.24, 2.45) is 5.92 Å². The molecule has 1 N–H and O–H groups in total. The van der Waals surface area contributed by atoms with Gasteiger partial charge in [-0.25, -0.2) is 0 Å². The fraction of sp³-hybridized carbons (Fsp3) is 0.600. The van der Waals surface area contributed by atoms with Gasteiger partial charge in [-0.15, -0.1) is 0 Å². The summed E-state index contributed by atoms with van der Waals surface area (Å²) in [6.07, 6.45) is 1.89. The first kappa shape index (κ1) is 16.8. The van der Waals surface area contributed by atoms with Gasteiger partial charge in [0.2, 0.25) is 0 Å². The van der Waals surface area contributed by atoms with Crippen LogP contribution in [-0.4, -0.2) is 26.3 Å². The van der Waals surface area contributed by atoms with E-state index >= 15 is 0 Å². The number of benzene rings is 1. The fourth-order valence-corrected chi connectivity index (χ4v) is 2.89. The Morgan fingerprint density at radius 2 is 1.89 bits per heavy atom. The van der Waals surface area contributed by atoms with E-state index in [-0.39, 0.29) is 0 Å². The van der Waals surface area contributed by atoms with Crippen LogP contribution in [0.1, 0.15) is 25.8 Å². The summed E-state index contributed by atoms with van der Waals surface area (Å²) >= 11 is 12.5. The lowest BCUT2D eigenvalue weighted by Gasteiger charge is -2.22. The molecule has 0 spiro atoms. The molecule has 0 radical (unpaired) electrons. The molecule has 108 valence electrons. The van der Waals surface area contributed by atoms with Crippen molar-refractivity contribution in [2.45, 2.75) is 32.7 Å². The Kier molecular flexibility index (Phi) is 7.77. The molecule has 0 saturated heterocycles. The summed E-state index contributed by atoms with van der Waals surface area (Å²) in [7, 11) is 1.74. The van der Waals surface area contributed by atoms with Gasteiger partial charge >= 0.3 is 0 Å². The zero-order valence-electron chi connectivity index (χ0n) is 11.9. The van der Waals surface area contributed by atoms with E-state index in [0.717, 1.165) is 41.6 Å². The van der Waals surface area contributed by atoms with E-state index in [0.29, 0.717) is 12.0 Å². The van der Waals surface area contributed by atoms with E-state index in [9.17, 15) is 0 Å². The summed E-state index contributed by atoms with van der Waals surface area (Å²) in [4.78, 5) is 0. The molecule has 0 fully saturated rings. The molecule has 1 aromatic carbocycles. The third-order valence-corrected chi connectivity index (χ3v) is 3.85. The van der Waals surface area contributed by atoms with E-state index in [4.69, 9.17) is 27.9 Å². The van der Waals surface area contributed by atoms with Gasteiger partial charge < -0.3 is 10.1 Å². The minimum atomic E-state index is 0.368. The first-order valence-electron chi connectivity index (χ1n) is 6.73. The normalized spacial score (nSPS) is 14.4. The summed E-state index contributed by atoms with van der Waals surface area (Å²) in [6.45, 7) is 6.02. The summed E-state index contributed by atoms with van der Waals surface area (Å²) in [5.74, 6) is 0.510. The van der Waals surface area contributed by atoms with Gasteiger partial charge in [0.05, 0.1) is 0 Å². The van der Waals surface area contributed by atoms with E-state index in [2.05, 4.69) is 19.2 Å². The van der Waals surface area contributed by atoms with E-state index in [1.165, 1.54) is 0 Å². The van der Waals surface area contributed by atoms with Gasteiger partial charge in [0.15, 0.2) is 0 Å². The summed E-state index contributed by atoms with van der Waals surface area (Å²) in [6, 6.07) is 6.03. The first-order chi connectivity index (χ1) is 9.08. The summed E-state index contributed by atoms with van der Waals surface area (Å²) in [5, 5.41) is 4.99. The Morgan fingerprint density at radius 1 is 1.26 bits per heavy atom. The van der Waals surface area contributed by atoms with Crippen molar-refractivity contribution in [1.29, 1.82) is 0 Å². The Morgan fingerprint density at radius 3 is 2.42 bits per heavy atom. The molecular formula is C15H23Cl2NO. The molecule has 19 heavy (non-hydrogen) atoms. The molecule has 0 aliphatic carbocycles. The molecule has 2 unspecified atom stereocenters. The van der Waals surface area contributed by atoms with Crippen molar-refractivity contribution in [3.8, 4) is 0 Å². The highest BCUT2D eigenvalue weighted by Gasteiger charge is 2.16. The summed E-state index contributed by atoms with van der Waals surface area (Å²) < 4.78 is 5.20. The molecule has 0 amide bonds. The van der Waals surface area contributed by atoms with Crippen molar-refractivity contribution >= 4 is 23.2 Å². The maximum Gasteiger partial charge on any atom is 0.0488 e. The molecule has 0 bridgehead atoms. The highest BCUT2D eigenvalue weighted by Crippen LogP contribution is 2.26. The topological polar surface area (TPSA) is 21.3 Å². The lowest BCUT2D eigenvalue weighted by atomic mass is 9.96. The Balaban J connectivity index is 2.72. The smallest absolute Gasteiger partial charge is 0.0488 e. The minimum absolute atomic E-state index is 0.368. The minimum Gasteiger partial charge on any atom is -0.384 e. The van der Waals surface area contributed by atoms with Crippen LogP contribution in [0.3, 0.4) is 0 Å². The highest BCUT2D eigenvalue weighted by molar-refractivity contribution is 6.35. The molecule has 2 atom stereocenters. The van der Waals surface area contributed by atoms with Crippen LogP contribution in [0.5, 0.6) is 0 Å². The number of rotatable bonds is 8. The maximum atomic E-state index is 6.23. The first-order valence-corrected chi connectivity index (χ1v) is 7.49. The molecule has 0 heterocycles. The van der Waals surface area contributed by atoms with Gasteiger partial charge in [0, 0.05) is 29.8 Å².